The summed E-state index contributed by atoms with van der Waals surface area (Å²) in [5.41, 5.74) is 1.20. The van der Waals surface area contributed by atoms with Crippen molar-refractivity contribution < 1.29 is 19.1 Å². The summed E-state index contributed by atoms with van der Waals surface area (Å²) in [5.74, 6) is -0.189. The van der Waals surface area contributed by atoms with Crippen molar-refractivity contribution >= 4 is 11.9 Å². The fourth-order valence-corrected chi connectivity index (χ4v) is 1.79. The first-order valence-corrected chi connectivity index (χ1v) is 7.30. The molecule has 5 heteroatoms. The maximum Gasteiger partial charge on any atom is 0.344 e. The average Bonchev–Trinajstić information content (AvgIpc) is 3.29. The number of aryl methyl sites for hydroxylation is 1. The van der Waals surface area contributed by atoms with E-state index in [1.807, 2.05) is 24.3 Å². The van der Waals surface area contributed by atoms with Crippen molar-refractivity contribution in [2.24, 2.45) is 0 Å². The summed E-state index contributed by atoms with van der Waals surface area (Å²) in [6.45, 7) is 3.43. The Morgan fingerprint density at radius 2 is 1.95 bits per heavy atom. The van der Waals surface area contributed by atoms with Gasteiger partial charge in [-0.3, -0.25) is 4.79 Å². The Hall–Kier alpha value is -2.04. The van der Waals surface area contributed by atoms with Crippen LogP contribution in [0.1, 0.15) is 32.3 Å². The van der Waals surface area contributed by atoms with Crippen molar-refractivity contribution in [3.05, 3.63) is 29.8 Å². The maximum absolute atomic E-state index is 11.6. The zero-order valence-electron chi connectivity index (χ0n) is 12.4. The summed E-state index contributed by atoms with van der Waals surface area (Å²) < 4.78 is 10.4. The van der Waals surface area contributed by atoms with Gasteiger partial charge in [0, 0.05) is 6.04 Å². The van der Waals surface area contributed by atoms with Crippen LogP contribution in [-0.4, -0.2) is 30.6 Å². The lowest BCUT2D eigenvalue weighted by molar-refractivity contribution is -0.156. The van der Waals surface area contributed by atoms with E-state index >= 15 is 0 Å². The molecule has 1 aromatic rings. The van der Waals surface area contributed by atoms with E-state index in [9.17, 15) is 9.59 Å². The van der Waals surface area contributed by atoms with Crippen LogP contribution in [0.3, 0.4) is 0 Å². The molecule has 0 bridgehead atoms. The van der Waals surface area contributed by atoms with Gasteiger partial charge >= 0.3 is 5.97 Å². The zero-order valence-corrected chi connectivity index (χ0v) is 12.4. The summed E-state index contributed by atoms with van der Waals surface area (Å²) in [7, 11) is 0. The number of hydrogen-bond donors (Lipinski definition) is 1. The molecule has 1 aliphatic rings. The molecule has 1 aromatic carbocycles. The molecular weight excluding hydrogens is 270 g/mol. The van der Waals surface area contributed by atoms with E-state index in [0.717, 1.165) is 19.3 Å². The second-order valence-electron chi connectivity index (χ2n) is 5.20. The molecule has 114 valence electrons. The molecular formula is C16H21NO4. The smallest absolute Gasteiger partial charge is 0.344 e. The minimum atomic E-state index is -0.788. The van der Waals surface area contributed by atoms with Gasteiger partial charge in [0.2, 0.25) is 0 Å². The lowest BCUT2D eigenvalue weighted by Gasteiger charge is -2.13. The fourth-order valence-electron chi connectivity index (χ4n) is 1.79. The monoisotopic (exact) mass is 291 g/mol. The minimum Gasteiger partial charge on any atom is -0.482 e. The molecule has 0 aliphatic heterocycles. The van der Waals surface area contributed by atoms with Crippen molar-refractivity contribution in [3.8, 4) is 5.75 Å². The second kappa shape index (κ2) is 7.11. The molecule has 1 amide bonds. The number of esters is 1. The van der Waals surface area contributed by atoms with Crippen molar-refractivity contribution in [2.45, 2.75) is 45.3 Å². The van der Waals surface area contributed by atoms with Gasteiger partial charge in [0.1, 0.15) is 5.75 Å². The van der Waals surface area contributed by atoms with E-state index in [-0.39, 0.29) is 18.6 Å². The van der Waals surface area contributed by atoms with Crippen LogP contribution < -0.4 is 10.1 Å². The van der Waals surface area contributed by atoms with Crippen molar-refractivity contribution in [2.75, 3.05) is 6.61 Å². The molecule has 1 aliphatic carbocycles. The Bertz CT molecular complexity index is 494. The summed E-state index contributed by atoms with van der Waals surface area (Å²) in [5, 5.41) is 2.79. The number of ether oxygens (including phenoxy) is 2. The first-order chi connectivity index (χ1) is 10.1. The van der Waals surface area contributed by atoms with Gasteiger partial charge in [-0.15, -0.1) is 0 Å². The number of benzene rings is 1. The Labute approximate surface area is 124 Å². The van der Waals surface area contributed by atoms with Crippen molar-refractivity contribution in [1.82, 2.24) is 5.32 Å². The molecule has 5 nitrogen and oxygen atoms in total. The Morgan fingerprint density at radius 1 is 1.29 bits per heavy atom. The van der Waals surface area contributed by atoms with Crippen LogP contribution in [0.5, 0.6) is 5.75 Å². The molecule has 1 saturated carbocycles. The van der Waals surface area contributed by atoms with Gasteiger partial charge in [-0.05, 0) is 43.9 Å². The molecule has 1 atom stereocenters. The third kappa shape index (κ3) is 5.10. The predicted octanol–water partition coefficient (Wildman–Crippen LogP) is 1.84. The minimum absolute atomic E-state index is 0.202. The normalized spacial score (nSPS) is 15.1. The zero-order chi connectivity index (χ0) is 15.2. The number of carbonyl (C=O) groups is 2. The number of nitrogens with one attached hydrogen (secondary N) is 1. The molecule has 0 radical (unpaired) electrons. The van der Waals surface area contributed by atoms with Gasteiger partial charge in [-0.1, -0.05) is 19.1 Å². The van der Waals surface area contributed by atoms with E-state index in [4.69, 9.17) is 9.47 Å². The Morgan fingerprint density at radius 3 is 2.52 bits per heavy atom. The van der Waals surface area contributed by atoms with E-state index in [1.54, 1.807) is 6.92 Å². The fraction of sp³-hybridized carbons (Fsp3) is 0.500. The SMILES string of the molecule is CCc1ccc(OCC(=O)OC(C)C(=O)NC2CC2)cc1. The highest BCUT2D eigenvalue weighted by Gasteiger charge is 2.27. The molecule has 1 unspecified atom stereocenters. The Balaban J connectivity index is 1.71. The third-order valence-electron chi connectivity index (χ3n) is 3.29. The van der Waals surface area contributed by atoms with Crippen LogP contribution in [0.15, 0.2) is 24.3 Å². The summed E-state index contributed by atoms with van der Waals surface area (Å²) in [6.07, 6.45) is 2.17. The van der Waals surface area contributed by atoms with E-state index < -0.39 is 12.1 Å². The third-order valence-corrected chi connectivity index (χ3v) is 3.29. The van der Waals surface area contributed by atoms with E-state index in [0.29, 0.717) is 5.75 Å². The van der Waals surface area contributed by atoms with Crippen LogP contribution >= 0.6 is 0 Å². The van der Waals surface area contributed by atoms with Gasteiger partial charge in [0.15, 0.2) is 12.7 Å². The van der Waals surface area contributed by atoms with Crippen LogP contribution in [0.2, 0.25) is 0 Å². The van der Waals surface area contributed by atoms with Gasteiger partial charge in [-0.25, -0.2) is 4.79 Å². The van der Waals surface area contributed by atoms with Crippen LogP contribution in [0, 0.1) is 0 Å². The standard InChI is InChI=1S/C16H21NO4/c1-3-12-4-8-14(9-5-12)20-10-15(18)21-11(2)16(19)17-13-6-7-13/h4-5,8-9,11,13H,3,6-7,10H2,1-2H3,(H,17,19). The van der Waals surface area contributed by atoms with Gasteiger partial charge in [-0.2, -0.15) is 0 Å². The summed E-state index contributed by atoms with van der Waals surface area (Å²) in [4.78, 5) is 23.3. The first kappa shape index (κ1) is 15.4. The largest absolute Gasteiger partial charge is 0.482 e. The van der Waals surface area contributed by atoms with Crippen molar-refractivity contribution in [3.63, 3.8) is 0 Å². The Kier molecular flexibility index (Phi) is 5.20. The summed E-state index contributed by atoms with van der Waals surface area (Å²) >= 11 is 0. The maximum atomic E-state index is 11.6. The lowest BCUT2D eigenvalue weighted by atomic mass is 10.2. The van der Waals surface area contributed by atoms with Gasteiger partial charge < -0.3 is 14.8 Å². The van der Waals surface area contributed by atoms with Crippen molar-refractivity contribution in [1.29, 1.82) is 0 Å². The van der Waals surface area contributed by atoms with E-state index in [1.165, 1.54) is 5.56 Å². The molecule has 0 heterocycles. The molecule has 0 saturated heterocycles. The lowest BCUT2D eigenvalue weighted by Crippen LogP contribution is -2.37. The summed E-state index contributed by atoms with van der Waals surface area (Å²) in [6, 6.07) is 7.79. The molecule has 1 N–H and O–H groups in total. The van der Waals surface area contributed by atoms with Crippen LogP contribution in [0.4, 0.5) is 0 Å². The molecule has 0 aromatic heterocycles. The first-order valence-electron chi connectivity index (χ1n) is 7.30. The number of carbonyl (C=O) groups excluding carboxylic acids is 2. The van der Waals surface area contributed by atoms with Crippen LogP contribution in [0.25, 0.3) is 0 Å². The van der Waals surface area contributed by atoms with Gasteiger partial charge in [0.25, 0.3) is 5.91 Å². The topological polar surface area (TPSA) is 64.6 Å². The second-order valence-corrected chi connectivity index (χ2v) is 5.20. The highest BCUT2D eigenvalue weighted by molar-refractivity contribution is 5.84. The number of rotatable bonds is 7. The predicted molar refractivity (Wildman–Crippen MR) is 78.0 cm³/mol. The number of amides is 1. The molecule has 0 spiro atoms. The van der Waals surface area contributed by atoms with Gasteiger partial charge in [0.05, 0.1) is 0 Å². The number of hydrogen-bond acceptors (Lipinski definition) is 4. The molecule has 21 heavy (non-hydrogen) atoms. The highest BCUT2D eigenvalue weighted by Crippen LogP contribution is 2.18. The van der Waals surface area contributed by atoms with E-state index in [2.05, 4.69) is 12.2 Å². The molecule has 1 fully saturated rings. The highest BCUT2D eigenvalue weighted by atomic mass is 16.6. The average molecular weight is 291 g/mol. The quantitative estimate of drug-likeness (QED) is 0.779. The van der Waals surface area contributed by atoms with Crippen LogP contribution in [-0.2, 0) is 20.7 Å². The molecule has 2 rings (SSSR count).